The van der Waals surface area contributed by atoms with Crippen LogP contribution in [-0.4, -0.2) is 43.1 Å². The molecule has 0 saturated heterocycles. The summed E-state index contributed by atoms with van der Waals surface area (Å²) >= 11 is 0. The van der Waals surface area contributed by atoms with Crippen LogP contribution < -0.4 is 4.90 Å². The summed E-state index contributed by atoms with van der Waals surface area (Å²) in [6.07, 6.45) is 3.38. The number of anilines is 1. The number of fused-ring (bicyclic) bond motifs is 1. The maximum Gasteiger partial charge on any atom is 0.217 e. The standard InChI is InChI=1S/C12H17N3O2S/c1-14-7-8-15(18(16,17)11-4-5-11)9-10-3-2-6-13-12(10)14/h2-3,6,11H,4-5,7-9H2,1H3. The van der Waals surface area contributed by atoms with E-state index in [4.69, 9.17) is 0 Å². The Hall–Kier alpha value is -1.14. The van der Waals surface area contributed by atoms with E-state index in [1.54, 1.807) is 10.5 Å². The summed E-state index contributed by atoms with van der Waals surface area (Å²) in [6, 6.07) is 3.82. The molecule has 0 spiro atoms. The first-order valence-corrected chi connectivity index (χ1v) is 7.73. The number of rotatable bonds is 2. The van der Waals surface area contributed by atoms with Crippen molar-refractivity contribution in [3.05, 3.63) is 23.9 Å². The minimum atomic E-state index is -3.10. The van der Waals surface area contributed by atoms with E-state index in [9.17, 15) is 8.42 Å². The molecule has 0 amide bonds. The molecule has 3 rings (SSSR count). The lowest BCUT2D eigenvalue weighted by molar-refractivity contribution is 0.419. The van der Waals surface area contributed by atoms with Gasteiger partial charge in [-0.2, -0.15) is 4.31 Å². The van der Waals surface area contributed by atoms with Crippen molar-refractivity contribution in [2.24, 2.45) is 0 Å². The van der Waals surface area contributed by atoms with E-state index in [1.807, 2.05) is 24.1 Å². The van der Waals surface area contributed by atoms with Crippen molar-refractivity contribution in [3.8, 4) is 0 Å². The van der Waals surface area contributed by atoms with E-state index >= 15 is 0 Å². The smallest absolute Gasteiger partial charge is 0.217 e. The number of hydrogen-bond donors (Lipinski definition) is 0. The topological polar surface area (TPSA) is 53.5 Å². The molecule has 1 fully saturated rings. The van der Waals surface area contributed by atoms with Crippen molar-refractivity contribution in [2.75, 3.05) is 25.0 Å². The first kappa shape index (κ1) is 11.9. The average Bonchev–Trinajstić information content (AvgIpc) is 3.17. The molecule has 1 aromatic heterocycles. The van der Waals surface area contributed by atoms with Gasteiger partial charge in [0.2, 0.25) is 10.0 Å². The first-order valence-electron chi connectivity index (χ1n) is 6.23. The maximum absolute atomic E-state index is 12.3. The SMILES string of the molecule is CN1CCN(S(=O)(=O)C2CC2)Cc2cccnc21. The highest BCUT2D eigenvalue weighted by atomic mass is 32.2. The Balaban J connectivity index is 1.94. The van der Waals surface area contributed by atoms with Crippen LogP contribution in [0.15, 0.2) is 18.3 Å². The molecule has 0 aromatic carbocycles. The largest absolute Gasteiger partial charge is 0.358 e. The van der Waals surface area contributed by atoms with E-state index in [1.165, 1.54) is 0 Å². The van der Waals surface area contributed by atoms with Crippen LogP contribution >= 0.6 is 0 Å². The van der Waals surface area contributed by atoms with Crippen molar-refractivity contribution >= 4 is 15.8 Å². The minimum Gasteiger partial charge on any atom is -0.358 e. The highest BCUT2D eigenvalue weighted by Gasteiger charge is 2.40. The minimum absolute atomic E-state index is 0.138. The Morgan fingerprint density at radius 3 is 2.83 bits per heavy atom. The molecule has 0 bridgehead atoms. The maximum atomic E-state index is 12.3. The van der Waals surface area contributed by atoms with Gasteiger partial charge in [-0.25, -0.2) is 13.4 Å². The Kier molecular flexibility index (Phi) is 2.79. The molecular weight excluding hydrogens is 250 g/mol. The predicted octanol–water partition coefficient (Wildman–Crippen LogP) is 0.826. The lowest BCUT2D eigenvalue weighted by Gasteiger charge is -2.20. The molecule has 0 atom stereocenters. The van der Waals surface area contributed by atoms with Crippen LogP contribution in [0.3, 0.4) is 0 Å². The Labute approximate surface area is 107 Å². The molecule has 6 heteroatoms. The van der Waals surface area contributed by atoms with Crippen molar-refractivity contribution in [1.29, 1.82) is 0 Å². The zero-order valence-electron chi connectivity index (χ0n) is 10.4. The number of aromatic nitrogens is 1. The quantitative estimate of drug-likeness (QED) is 0.796. The van der Waals surface area contributed by atoms with Crippen molar-refractivity contribution in [2.45, 2.75) is 24.6 Å². The van der Waals surface area contributed by atoms with Gasteiger partial charge in [-0.3, -0.25) is 0 Å². The van der Waals surface area contributed by atoms with Crippen molar-refractivity contribution in [3.63, 3.8) is 0 Å². The van der Waals surface area contributed by atoms with Gasteiger partial charge in [0.15, 0.2) is 0 Å². The zero-order chi connectivity index (χ0) is 12.8. The van der Waals surface area contributed by atoms with Crippen LogP contribution in [0.1, 0.15) is 18.4 Å². The summed E-state index contributed by atoms with van der Waals surface area (Å²) in [5, 5.41) is -0.138. The van der Waals surface area contributed by atoms with Crippen LogP contribution in [0.4, 0.5) is 5.82 Å². The van der Waals surface area contributed by atoms with Gasteiger partial charge in [-0.15, -0.1) is 0 Å². The van der Waals surface area contributed by atoms with Gasteiger partial charge in [0.1, 0.15) is 5.82 Å². The van der Waals surface area contributed by atoms with Gasteiger partial charge < -0.3 is 4.90 Å². The van der Waals surface area contributed by atoms with E-state index in [0.29, 0.717) is 19.6 Å². The predicted molar refractivity (Wildman–Crippen MR) is 69.9 cm³/mol. The zero-order valence-corrected chi connectivity index (χ0v) is 11.2. The number of likely N-dealkylation sites (N-methyl/N-ethyl adjacent to an activating group) is 1. The Morgan fingerprint density at radius 1 is 1.33 bits per heavy atom. The molecule has 1 aliphatic carbocycles. The van der Waals surface area contributed by atoms with Gasteiger partial charge in [0, 0.05) is 38.4 Å². The van der Waals surface area contributed by atoms with E-state index in [0.717, 1.165) is 24.2 Å². The molecule has 18 heavy (non-hydrogen) atoms. The highest BCUT2D eigenvalue weighted by molar-refractivity contribution is 7.90. The van der Waals surface area contributed by atoms with Crippen LogP contribution in [0.2, 0.25) is 0 Å². The second kappa shape index (κ2) is 4.20. The molecule has 5 nitrogen and oxygen atoms in total. The molecule has 2 heterocycles. The Morgan fingerprint density at radius 2 is 2.11 bits per heavy atom. The third kappa shape index (κ3) is 1.99. The Bertz CT molecular complexity index is 554. The van der Waals surface area contributed by atoms with Crippen molar-refractivity contribution in [1.82, 2.24) is 9.29 Å². The fraction of sp³-hybridized carbons (Fsp3) is 0.583. The van der Waals surface area contributed by atoms with E-state index in [-0.39, 0.29) is 5.25 Å². The van der Waals surface area contributed by atoms with Crippen LogP contribution in [0, 0.1) is 0 Å². The summed E-state index contributed by atoms with van der Waals surface area (Å²) in [6.45, 7) is 1.69. The van der Waals surface area contributed by atoms with Gasteiger partial charge in [0.05, 0.1) is 5.25 Å². The number of hydrogen-bond acceptors (Lipinski definition) is 4. The molecule has 0 N–H and O–H groups in total. The molecule has 1 aliphatic heterocycles. The summed E-state index contributed by atoms with van der Waals surface area (Å²) in [5.74, 6) is 0.894. The molecule has 1 aromatic rings. The summed E-state index contributed by atoms with van der Waals surface area (Å²) < 4.78 is 26.2. The van der Waals surface area contributed by atoms with Crippen molar-refractivity contribution < 1.29 is 8.42 Å². The average molecular weight is 267 g/mol. The summed E-state index contributed by atoms with van der Waals surface area (Å²) in [7, 11) is -1.14. The fourth-order valence-corrected chi connectivity index (χ4v) is 4.14. The monoisotopic (exact) mass is 267 g/mol. The van der Waals surface area contributed by atoms with E-state index in [2.05, 4.69) is 4.98 Å². The second-order valence-corrected chi connectivity index (χ2v) is 7.20. The lowest BCUT2D eigenvalue weighted by atomic mass is 10.2. The van der Waals surface area contributed by atoms with Crippen LogP contribution in [0.5, 0.6) is 0 Å². The fourth-order valence-electron chi connectivity index (χ4n) is 2.33. The van der Waals surface area contributed by atoms with Gasteiger partial charge >= 0.3 is 0 Å². The lowest BCUT2D eigenvalue weighted by Crippen LogP contribution is -2.36. The molecule has 98 valence electrons. The molecule has 0 radical (unpaired) electrons. The molecule has 2 aliphatic rings. The second-order valence-electron chi connectivity index (χ2n) is 4.99. The first-order chi connectivity index (χ1) is 8.59. The summed E-state index contributed by atoms with van der Waals surface area (Å²) in [5.41, 5.74) is 0.988. The van der Waals surface area contributed by atoms with E-state index < -0.39 is 10.0 Å². The molecule has 0 unspecified atom stereocenters. The third-order valence-corrected chi connectivity index (χ3v) is 5.91. The van der Waals surface area contributed by atoms with Gasteiger partial charge in [-0.1, -0.05) is 6.07 Å². The van der Waals surface area contributed by atoms with Gasteiger partial charge in [0.25, 0.3) is 0 Å². The molecular formula is C12H17N3O2S. The highest BCUT2D eigenvalue weighted by Crippen LogP contribution is 2.33. The number of nitrogens with zero attached hydrogens (tertiary/aromatic N) is 3. The van der Waals surface area contributed by atoms with Gasteiger partial charge in [-0.05, 0) is 18.9 Å². The van der Waals surface area contributed by atoms with Crippen LogP contribution in [0.25, 0.3) is 0 Å². The third-order valence-electron chi connectivity index (χ3n) is 3.57. The van der Waals surface area contributed by atoms with Crippen LogP contribution in [-0.2, 0) is 16.6 Å². The summed E-state index contributed by atoms with van der Waals surface area (Å²) in [4.78, 5) is 6.37. The molecule has 1 saturated carbocycles. The number of pyridine rings is 1. The number of sulfonamides is 1. The normalized spacial score (nSPS) is 21.5.